The second-order valence-corrected chi connectivity index (χ2v) is 5.39. The van der Waals surface area contributed by atoms with Gasteiger partial charge in [0.05, 0.1) is 11.9 Å². The summed E-state index contributed by atoms with van der Waals surface area (Å²) in [5.74, 6) is 0. The molecule has 5 heteroatoms. The van der Waals surface area contributed by atoms with E-state index in [-0.39, 0.29) is 0 Å². The van der Waals surface area contributed by atoms with Crippen LogP contribution < -0.4 is 5.32 Å². The third-order valence-electron chi connectivity index (χ3n) is 3.07. The van der Waals surface area contributed by atoms with Gasteiger partial charge < -0.3 is 5.32 Å². The molecule has 0 aliphatic carbocycles. The van der Waals surface area contributed by atoms with Crippen LogP contribution in [0.15, 0.2) is 41.9 Å². The molecule has 2 aromatic heterocycles. The predicted molar refractivity (Wildman–Crippen MR) is 89.8 cm³/mol. The van der Waals surface area contributed by atoms with Crippen molar-refractivity contribution in [3.05, 3.63) is 53.2 Å². The summed E-state index contributed by atoms with van der Waals surface area (Å²) in [6.45, 7) is 4.15. The van der Waals surface area contributed by atoms with Crippen molar-refractivity contribution in [2.24, 2.45) is 0 Å². The Morgan fingerprint density at radius 1 is 1.24 bits per heavy atom. The maximum atomic E-state index is 4.38. The van der Waals surface area contributed by atoms with Gasteiger partial charge in [-0.15, -0.1) is 11.3 Å². The SMILES string of the molecule is CCc1ccccc1.CNc1nc(-c2cn[nH]c2C)cs1. The molecule has 2 heterocycles. The summed E-state index contributed by atoms with van der Waals surface area (Å²) in [4.78, 5) is 4.38. The molecule has 0 atom stereocenters. The van der Waals surface area contributed by atoms with Crippen LogP contribution in [0.25, 0.3) is 11.3 Å². The van der Waals surface area contributed by atoms with Gasteiger partial charge >= 0.3 is 0 Å². The Morgan fingerprint density at radius 3 is 2.48 bits per heavy atom. The predicted octanol–water partition coefficient (Wildman–Crippen LogP) is 4.13. The number of hydrogen-bond donors (Lipinski definition) is 2. The topological polar surface area (TPSA) is 53.6 Å². The maximum absolute atomic E-state index is 4.38. The first-order valence-corrected chi connectivity index (χ1v) is 7.80. The highest BCUT2D eigenvalue weighted by molar-refractivity contribution is 7.14. The maximum Gasteiger partial charge on any atom is 0.182 e. The number of aromatic amines is 1. The molecule has 2 N–H and O–H groups in total. The van der Waals surface area contributed by atoms with E-state index in [0.717, 1.165) is 28.5 Å². The lowest BCUT2D eigenvalue weighted by Crippen LogP contribution is -1.86. The normalized spacial score (nSPS) is 9.86. The van der Waals surface area contributed by atoms with Gasteiger partial charge in [-0.05, 0) is 18.9 Å². The van der Waals surface area contributed by atoms with Crippen molar-refractivity contribution in [1.29, 1.82) is 0 Å². The van der Waals surface area contributed by atoms with Crippen LogP contribution >= 0.6 is 11.3 Å². The number of nitrogens with zero attached hydrogens (tertiary/aromatic N) is 2. The molecule has 4 nitrogen and oxygen atoms in total. The monoisotopic (exact) mass is 300 g/mol. The number of aryl methyl sites for hydroxylation is 2. The van der Waals surface area contributed by atoms with Crippen molar-refractivity contribution in [2.45, 2.75) is 20.3 Å². The molecular formula is C16H20N4S. The molecule has 0 spiro atoms. The average Bonchev–Trinajstić information content (AvgIpc) is 3.17. The number of rotatable bonds is 3. The second-order valence-electron chi connectivity index (χ2n) is 4.54. The minimum absolute atomic E-state index is 0.926. The first kappa shape index (κ1) is 15.3. The molecule has 0 bridgehead atoms. The van der Waals surface area contributed by atoms with E-state index >= 15 is 0 Å². The molecule has 3 rings (SSSR count). The smallest absolute Gasteiger partial charge is 0.182 e. The van der Waals surface area contributed by atoms with Crippen LogP contribution in [0.4, 0.5) is 5.13 Å². The molecule has 0 radical (unpaired) electrons. The van der Waals surface area contributed by atoms with E-state index in [1.165, 1.54) is 5.56 Å². The molecule has 3 aromatic rings. The van der Waals surface area contributed by atoms with E-state index < -0.39 is 0 Å². The Hall–Kier alpha value is -2.14. The van der Waals surface area contributed by atoms with Gasteiger partial charge in [0.25, 0.3) is 0 Å². The zero-order chi connectivity index (χ0) is 15.1. The standard InChI is InChI=1S/C8H10N4S.C8H10/c1-5-6(3-10-12-5)7-4-13-8(9-2)11-7;1-2-8-6-4-3-5-7-8/h3-4H,1-2H3,(H,9,11)(H,10,12);3-7H,2H2,1H3. The summed E-state index contributed by atoms with van der Waals surface area (Å²) in [6.07, 6.45) is 2.94. The molecule has 0 amide bonds. The van der Waals surface area contributed by atoms with E-state index in [1.807, 2.05) is 25.4 Å². The van der Waals surface area contributed by atoms with Crippen LogP contribution in [0, 0.1) is 6.92 Å². The van der Waals surface area contributed by atoms with E-state index in [9.17, 15) is 0 Å². The molecule has 0 aliphatic heterocycles. The molecule has 0 saturated carbocycles. The zero-order valence-electron chi connectivity index (χ0n) is 12.6. The van der Waals surface area contributed by atoms with E-state index in [4.69, 9.17) is 0 Å². The van der Waals surface area contributed by atoms with Gasteiger partial charge in [-0.3, -0.25) is 5.10 Å². The van der Waals surface area contributed by atoms with E-state index in [2.05, 4.69) is 51.7 Å². The Kier molecular flexibility index (Phi) is 5.51. The first-order valence-electron chi connectivity index (χ1n) is 6.92. The summed E-state index contributed by atoms with van der Waals surface area (Å²) in [7, 11) is 1.87. The lowest BCUT2D eigenvalue weighted by molar-refractivity contribution is 1.05. The Labute approximate surface area is 129 Å². The fourth-order valence-corrected chi connectivity index (χ4v) is 2.51. The quantitative estimate of drug-likeness (QED) is 0.764. The Balaban J connectivity index is 0.000000173. The van der Waals surface area contributed by atoms with Crippen LogP contribution in [-0.4, -0.2) is 22.2 Å². The average molecular weight is 300 g/mol. The number of anilines is 1. The lowest BCUT2D eigenvalue weighted by Gasteiger charge is -1.91. The minimum atomic E-state index is 0.926. The molecule has 0 unspecified atom stereocenters. The number of benzene rings is 1. The van der Waals surface area contributed by atoms with Crippen molar-refractivity contribution in [2.75, 3.05) is 12.4 Å². The van der Waals surface area contributed by atoms with Crippen LogP contribution in [-0.2, 0) is 6.42 Å². The van der Waals surface area contributed by atoms with Crippen molar-refractivity contribution in [3.63, 3.8) is 0 Å². The van der Waals surface area contributed by atoms with Gasteiger partial charge in [-0.1, -0.05) is 37.3 Å². The summed E-state index contributed by atoms with van der Waals surface area (Å²) in [6, 6.07) is 10.5. The van der Waals surface area contributed by atoms with Crippen LogP contribution in [0.3, 0.4) is 0 Å². The molecule has 0 fully saturated rings. The van der Waals surface area contributed by atoms with Crippen molar-refractivity contribution >= 4 is 16.5 Å². The number of hydrogen-bond acceptors (Lipinski definition) is 4. The molecule has 21 heavy (non-hydrogen) atoms. The highest BCUT2D eigenvalue weighted by Gasteiger charge is 2.07. The molecule has 0 saturated heterocycles. The largest absolute Gasteiger partial charge is 0.365 e. The summed E-state index contributed by atoms with van der Waals surface area (Å²) < 4.78 is 0. The van der Waals surface area contributed by atoms with Gasteiger partial charge in [-0.2, -0.15) is 5.10 Å². The molecular weight excluding hydrogens is 280 g/mol. The lowest BCUT2D eigenvalue weighted by atomic mass is 10.2. The first-order chi connectivity index (χ1) is 10.2. The second kappa shape index (κ2) is 7.59. The summed E-state index contributed by atoms with van der Waals surface area (Å²) >= 11 is 1.59. The number of aromatic nitrogens is 3. The fraction of sp³-hybridized carbons (Fsp3) is 0.250. The fourth-order valence-electron chi connectivity index (χ4n) is 1.83. The van der Waals surface area contributed by atoms with Crippen molar-refractivity contribution < 1.29 is 0 Å². The third kappa shape index (κ3) is 4.16. The molecule has 0 aliphatic rings. The van der Waals surface area contributed by atoms with Gasteiger partial charge in [0.2, 0.25) is 0 Å². The highest BCUT2D eigenvalue weighted by atomic mass is 32.1. The number of nitrogens with one attached hydrogen (secondary N) is 2. The Morgan fingerprint density at radius 2 is 2.00 bits per heavy atom. The summed E-state index contributed by atoms with van der Waals surface area (Å²) in [5, 5.41) is 12.8. The highest BCUT2D eigenvalue weighted by Crippen LogP contribution is 2.25. The van der Waals surface area contributed by atoms with Crippen LogP contribution in [0.5, 0.6) is 0 Å². The summed E-state index contributed by atoms with van der Waals surface area (Å²) in [5.41, 5.74) is 4.50. The van der Waals surface area contributed by atoms with Crippen molar-refractivity contribution in [3.8, 4) is 11.3 Å². The van der Waals surface area contributed by atoms with Crippen LogP contribution in [0.2, 0.25) is 0 Å². The van der Waals surface area contributed by atoms with Crippen LogP contribution in [0.1, 0.15) is 18.2 Å². The molecule has 1 aromatic carbocycles. The van der Waals surface area contributed by atoms with E-state index in [1.54, 1.807) is 17.5 Å². The molecule has 110 valence electrons. The van der Waals surface area contributed by atoms with Gasteiger partial charge in [0.1, 0.15) is 0 Å². The van der Waals surface area contributed by atoms with Gasteiger partial charge in [-0.25, -0.2) is 4.98 Å². The number of H-pyrrole nitrogens is 1. The van der Waals surface area contributed by atoms with E-state index in [0.29, 0.717) is 0 Å². The van der Waals surface area contributed by atoms with Crippen molar-refractivity contribution in [1.82, 2.24) is 15.2 Å². The van der Waals surface area contributed by atoms with Gasteiger partial charge in [0.15, 0.2) is 5.13 Å². The zero-order valence-corrected chi connectivity index (χ0v) is 13.4. The minimum Gasteiger partial charge on any atom is -0.365 e. The number of thiazole rings is 1. The van der Waals surface area contributed by atoms with Gasteiger partial charge in [0, 0.05) is 23.7 Å². The third-order valence-corrected chi connectivity index (χ3v) is 3.93. The Bertz CT molecular complexity index is 658.